The molecule has 2 rings (SSSR count). The van der Waals surface area contributed by atoms with Gasteiger partial charge in [0.15, 0.2) is 0 Å². The number of rotatable bonds is 6. The third-order valence-electron chi connectivity index (χ3n) is 3.73. The first-order valence-electron chi connectivity index (χ1n) is 6.68. The minimum atomic E-state index is 0.0654. The fraction of sp³-hybridized carbons (Fsp3) is 0.600. The van der Waals surface area contributed by atoms with Gasteiger partial charge in [0.25, 0.3) is 0 Å². The normalized spacial score (nSPS) is 17.8. The van der Waals surface area contributed by atoms with Crippen molar-refractivity contribution < 1.29 is 4.74 Å². The van der Waals surface area contributed by atoms with Gasteiger partial charge in [-0.3, -0.25) is 0 Å². The van der Waals surface area contributed by atoms with Crippen LogP contribution >= 0.6 is 0 Å². The molecule has 1 aliphatic carbocycles. The lowest BCUT2D eigenvalue weighted by Crippen LogP contribution is -2.19. The van der Waals surface area contributed by atoms with Crippen molar-refractivity contribution in [2.75, 3.05) is 13.2 Å². The van der Waals surface area contributed by atoms with Crippen molar-refractivity contribution in [3.05, 3.63) is 35.4 Å². The maximum Gasteiger partial charge on any atom is 0.0947 e. The molecule has 1 atom stereocenters. The second-order valence-corrected chi connectivity index (χ2v) is 5.09. The zero-order chi connectivity index (χ0) is 12.1. The van der Waals surface area contributed by atoms with E-state index in [2.05, 4.69) is 31.2 Å². The molecule has 1 saturated carbocycles. The number of benzene rings is 1. The van der Waals surface area contributed by atoms with Crippen molar-refractivity contribution in [2.24, 2.45) is 11.7 Å². The zero-order valence-corrected chi connectivity index (χ0v) is 10.7. The third-order valence-corrected chi connectivity index (χ3v) is 3.73. The quantitative estimate of drug-likeness (QED) is 0.819. The van der Waals surface area contributed by atoms with Crippen LogP contribution in [-0.4, -0.2) is 13.2 Å². The second kappa shape index (κ2) is 6.18. The topological polar surface area (TPSA) is 35.2 Å². The molecule has 0 aromatic heterocycles. The number of ether oxygens (including phenoxy) is 1. The molecule has 94 valence electrons. The summed E-state index contributed by atoms with van der Waals surface area (Å²) in [5, 5.41) is 0. The smallest absolute Gasteiger partial charge is 0.0947 e. The summed E-state index contributed by atoms with van der Waals surface area (Å²) in [7, 11) is 0. The van der Waals surface area contributed by atoms with Crippen LogP contribution in [0.2, 0.25) is 0 Å². The highest BCUT2D eigenvalue weighted by Gasteiger charge is 2.18. The molecule has 0 heterocycles. The molecule has 0 bridgehead atoms. The Morgan fingerprint density at radius 2 is 2.00 bits per heavy atom. The average Bonchev–Trinajstić information content (AvgIpc) is 2.29. The van der Waals surface area contributed by atoms with Gasteiger partial charge in [-0.05, 0) is 24.8 Å². The lowest BCUT2D eigenvalue weighted by atomic mass is 9.83. The van der Waals surface area contributed by atoms with E-state index in [-0.39, 0.29) is 6.10 Å². The highest BCUT2D eigenvalue weighted by Crippen LogP contribution is 2.29. The summed E-state index contributed by atoms with van der Waals surface area (Å²) in [5.41, 5.74) is 8.26. The van der Waals surface area contributed by atoms with Gasteiger partial charge in [0.2, 0.25) is 0 Å². The molecule has 2 N–H and O–H groups in total. The zero-order valence-electron chi connectivity index (χ0n) is 10.7. The highest BCUT2D eigenvalue weighted by molar-refractivity contribution is 5.23. The van der Waals surface area contributed by atoms with Crippen LogP contribution in [0.3, 0.4) is 0 Å². The molecule has 0 radical (unpaired) electrons. The molecule has 17 heavy (non-hydrogen) atoms. The van der Waals surface area contributed by atoms with Crippen LogP contribution in [0.15, 0.2) is 24.3 Å². The Hall–Kier alpha value is -0.860. The van der Waals surface area contributed by atoms with E-state index in [1.54, 1.807) is 0 Å². The van der Waals surface area contributed by atoms with Crippen LogP contribution in [0, 0.1) is 12.8 Å². The lowest BCUT2D eigenvalue weighted by molar-refractivity contribution is 0.0424. The molecule has 0 spiro atoms. The monoisotopic (exact) mass is 233 g/mol. The van der Waals surface area contributed by atoms with Gasteiger partial charge < -0.3 is 10.5 Å². The summed E-state index contributed by atoms with van der Waals surface area (Å²) in [4.78, 5) is 0. The maximum atomic E-state index is 5.90. The molecule has 1 aromatic carbocycles. The summed E-state index contributed by atoms with van der Waals surface area (Å²) < 4.78 is 5.90. The molecule has 2 nitrogen and oxygen atoms in total. The highest BCUT2D eigenvalue weighted by atomic mass is 16.5. The van der Waals surface area contributed by atoms with E-state index in [1.165, 1.54) is 36.8 Å². The van der Waals surface area contributed by atoms with Crippen LogP contribution in [0.1, 0.15) is 42.9 Å². The average molecular weight is 233 g/mol. The summed E-state index contributed by atoms with van der Waals surface area (Å²) >= 11 is 0. The number of nitrogens with two attached hydrogens (primary N) is 1. The van der Waals surface area contributed by atoms with Crippen molar-refractivity contribution in [1.82, 2.24) is 0 Å². The van der Waals surface area contributed by atoms with Crippen molar-refractivity contribution >= 4 is 0 Å². The fourth-order valence-electron chi connectivity index (χ4n) is 2.24. The Morgan fingerprint density at radius 3 is 2.53 bits per heavy atom. The van der Waals surface area contributed by atoms with Crippen LogP contribution in [0.25, 0.3) is 0 Å². The standard InChI is InChI=1S/C15H23NO/c1-12-5-7-14(8-6-12)15(11-16)17-10-9-13-3-2-4-13/h5-8,13,15H,2-4,9-11,16H2,1H3. The number of aryl methyl sites for hydroxylation is 1. The van der Waals surface area contributed by atoms with Crippen molar-refractivity contribution in [3.63, 3.8) is 0 Å². The minimum Gasteiger partial charge on any atom is -0.372 e. The molecule has 0 amide bonds. The molecular weight excluding hydrogens is 210 g/mol. The van der Waals surface area contributed by atoms with Crippen molar-refractivity contribution in [3.8, 4) is 0 Å². The van der Waals surface area contributed by atoms with Crippen LogP contribution in [0.4, 0.5) is 0 Å². The first-order chi connectivity index (χ1) is 8.29. The Balaban J connectivity index is 1.80. The lowest BCUT2D eigenvalue weighted by Gasteiger charge is -2.26. The largest absolute Gasteiger partial charge is 0.372 e. The molecule has 1 aliphatic rings. The Kier molecular flexibility index (Phi) is 4.57. The minimum absolute atomic E-state index is 0.0654. The Bertz CT molecular complexity index is 329. The van der Waals surface area contributed by atoms with Gasteiger partial charge >= 0.3 is 0 Å². The Labute approximate surface area is 104 Å². The van der Waals surface area contributed by atoms with Gasteiger partial charge in [-0.2, -0.15) is 0 Å². The molecule has 0 aliphatic heterocycles. The van der Waals surface area contributed by atoms with E-state index in [9.17, 15) is 0 Å². The molecular formula is C15H23NO. The van der Waals surface area contributed by atoms with Crippen molar-refractivity contribution in [2.45, 2.75) is 38.7 Å². The number of hydrogen-bond acceptors (Lipinski definition) is 2. The van der Waals surface area contributed by atoms with Gasteiger partial charge in [-0.1, -0.05) is 49.1 Å². The predicted molar refractivity (Wildman–Crippen MR) is 70.9 cm³/mol. The molecule has 1 unspecified atom stereocenters. The van der Waals surface area contributed by atoms with Crippen LogP contribution < -0.4 is 5.73 Å². The van der Waals surface area contributed by atoms with E-state index in [4.69, 9.17) is 10.5 Å². The van der Waals surface area contributed by atoms with E-state index in [1.807, 2.05) is 0 Å². The summed E-state index contributed by atoms with van der Waals surface area (Å²) in [6.07, 6.45) is 5.45. The first-order valence-corrected chi connectivity index (χ1v) is 6.68. The van der Waals surface area contributed by atoms with E-state index in [0.29, 0.717) is 6.54 Å². The second-order valence-electron chi connectivity index (χ2n) is 5.09. The summed E-state index contributed by atoms with van der Waals surface area (Å²) in [6.45, 7) is 3.51. The van der Waals surface area contributed by atoms with E-state index >= 15 is 0 Å². The van der Waals surface area contributed by atoms with Gasteiger partial charge in [0.1, 0.15) is 0 Å². The van der Waals surface area contributed by atoms with E-state index in [0.717, 1.165) is 12.5 Å². The van der Waals surface area contributed by atoms with Gasteiger partial charge in [0, 0.05) is 13.2 Å². The summed E-state index contributed by atoms with van der Waals surface area (Å²) in [6, 6.07) is 8.48. The fourth-order valence-corrected chi connectivity index (χ4v) is 2.24. The SMILES string of the molecule is Cc1ccc(C(CN)OCCC2CCC2)cc1. The molecule has 0 saturated heterocycles. The third kappa shape index (κ3) is 3.55. The maximum absolute atomic E-state index is 5.90. The molecule has 2 heteroatoms. The van der Waals surface area contributed by atoms with Crippen LogP contribution in [-0.2, 0) is 4.74 Å². The summed E-state index contributed by atoms with van der Waals surface area (Å²) in [5.74, 6) is 0.909. The van der Waals surface area contributed by atoms with Crippen molar-refractivity contribution in [1.29, 1.82) is 0 Å². The van der Waals surface area contributed by atoms with Gasteiger partial charge in [0.05, 0.1) is 6.10 Å². The predicted octanol–water partition coefficient (Wildman–Crippen LogP) is 3.20. The van der Waals surface area contributed by atoms with E-state index < -0.39 is 0 Å². The number of hydrogen-bond donors (Lipinski definition) is 1. The van der Waals surface area contributed by atoms with Crippen LogP contribution in [0.5, 0.6) is 0 Å². The first kappa shape index (κ1) is 12.6. The van der Waals surface area contributed by atoms with Gasteiger partial charge in [-0.25, -0.2) is 0 Å². The Morgan fingerprint density at radius 1 is 1.29 bits per heavy atom. The van der Waals surface area contributed by atoms with Gasteiger partial charge in [-0.15, -0.1) is 0 Å². The molecule has 1 aromatic rings. The molecule has 1 fully saturated rings.